The Hall–Kier alpha value is -2.30. The molecular weight excluding hydrogens is 260 g/mol. The average molecular weight is 278 g/mol. The van der Waals surface area contributed by atoms with Crippen molar-refractivity contribution in [1.82, 2.24) is 15.4 Å². The van der Waals surface area contributed by atoms with Crippen LogP contribution in [0.1, 0.15) is 29.7 Å². The standard InChI is InChI=1S/C17H18N4/c1-2-12-6-8-13(9-7-12)16(21-18)14-4-3-5-15-17(14)20-11-10-19-15/h3-11,16,21H,2,18H2,1H3. The Kier molecular flexibility index (Phi) is 3.90. The van der Waals surface area contributed by atoms with Gasteiger partial charge in [0, 0.05) is 18.0 Å². The summed E-state index contributed by atoms with van der Waals surface area (Å²) in [5, 5.41) is 0. The van der Waals surface area contributed by atoms with Crippen LogP contribution in [0.2, 0.25) is 0 Å². The largest absolute Gasteiger partial charge is 0.271 e. The van der Waals surface area contributed by atoms with Crippen LogP contribution in [-0.2, 0) is 6.42 Å². The molecule has 0 radical (unpaired) electrons. The van der Waals surface area contributed by atoms with E-state index in [1.54, 1.807) is 12.4 Å². The summed E-state index contributed by atoms with van der Waals surface area (Å²) >= 11 is 0. The summed E-state index contributed by atoms with van der Waals surface area (Å²) in [6.45, 7) is 2.15. The van der Waals surface area contributed by atoms with Crippen molar-refractivity contribution >= 4 is 11.0 Å². The number of nitrogens with zero attached hydrogens (tertiary/aromatic N) is 2. The summed E-state index contributed by atoms with van der Waals surface area (Å²) in [6, 6.07) is 14.4. The minimum absolute atomic E-state index is 0.101. The molecule has 0 amide bonds. The van der Waals surface area contributed by atoms with Crippen LogP contribution in [0.15, 0.2) is 54.9 Å². The van der Waals surface area contributed by atoms with Crippen LogP contribution in [-0.4, -0.2) is 9.97 Å². The van der Waals surface area contributed by atoms with Crippen LogP contribution in [0.4, 0.5) is 0 Å². The smallest absolute Gasteiger partial charge is 0.0938 e. The van der Waals surface area contributed by atoms with Crippen LogP contribution >= 0.6 is 0 Å². The molecule has 1 aromatic heterocycles. The van der Waals surface area contributed by atoms with Gasteiger partial charge in [0.25, 0.3) is 0 Å². The number of aromatic nitrogens is 2. The summed E-state index contributed by atoms with van der Waals surface area (Å²) in [4.78, 5) is 8.80. The minimum Gasteiger partial charge on any atom is -0.271 e. The van der Waals surface area contributed by atoms with Crippen LogP contribution in [0.5, 0.6) is 0 Å². The van der Waals surface area contributed by atoms with Gasteiger partial charge in [0.1, 0.15) is 0 Å². The summed E-state index contributed by atoms with van der Waals surface area (Å²) in [7, 11) is 0. The van der Waals surface area contributed by atoms with Crippen molar-refractivity contribution in [2.75, 3.05) is 0 Å². The fraction of sp³-hybridized carbons (Fsp3) is 0.176. The fourth-order valence-electron chi connectivity index (χ4n) is 2.56. The summed E-state index contributed by atoms with van der Waals surface area (Å²) < 4.78 is 0. The summed E-state index contributed by atoms with van der Waals surface area (Å²) in [5.41, 5.74) is 8.11. The Balaban J connectivity index is 2.09. The lowest BCUT2D eigenvalue weighted by Gasteiger charge is -2.18. The molecule has 4 heteroatoms. The number of hydrogen-bond donors (Lipinski definition) is 2. The molecule has 0 aliphatic heterocycles. The molecule has 1 unspecified atom stereocenters. The van der Waals surface area contributed by atoms with E-state index in [1.165, 1.54) is 5.56 Å². The van der Waals surface area contributed by atoms with Gasteiger partial charge in [-0.25, -0.2) is 5.43 Å². The summed E-state index contributed by atoms with van der Waals surface area (Å²) in [6.07, 6.45) is 4.44. The van der Waals surface area contributed by atoms with E-state index < -0.39 is 0 Å². The van der Waals surface area contributed by atoms with Crippen molar-refractivity contribution < 1.29 is 0 Å². The molecule has 1 heterocycles. The van der Waals surface area contributed by atoms with E-state index in [9.17, 15) is 0 Å². The lowest BCUT2D eigenvalue weighted by Crippen LogP contribution is -2.29. The molecule has 0 aliphatic carbocycles. The maximum atomic E-state index is 5.80. The van der Waals surface area contributed by atoms with Crippen LogP contribution in [0, 0.1) is 0 Å². The first-order chi connectivity index (χ1) is 10.3. The van der Waals surface area contributed by atoms with E-state index in [4.69, 9.17) is 5.84 Å². The number of nitrogens with two attached hydrogens (primary N) is 1. The van der Waals surface area contributed by atoms with Gasteiger partial charge < -0.3 is 0 Å². The second kappa shape index (κ2) is 5.99. The third kappa shape index (κ3) is 2.63. The van der Waals surface area contributed by atoms with Crippen LogP contribution in [0.25, 0.3) is 11.0 Å². The van der Waals surface area contributed by atoms with Crippen molar-refractivity contribution in [3.8, 4) is 0 Å². The number of rotatable bonds is 4. The van der Waals surface area contributed by atoms with Gasteiger partial charge in [-0.2, -0.15) is 0 Å². The highest BCUT2D eigenvalue weighted by Crippen LogP contribution is 2.26. The Bertz CT molecular complexity index is 732. The molecule has 4 nitrogen and oxygen atoms in total. The molecule has 106 valence electrons. The predicted molar refractivity (Wildman–Crippen MR) is 84.5 cm³/mol. The van der Waals surface area contributed by atoms with Gasteiger partial charge in [0.15, 0.2) is 0 Å². The molecule has 3 aromatic rings. The zero-order chi connectivity index (χ0) is 14.7. The molecule has 0 fully saturated rings. The number of para-hydroxylation sites is 1. The summed E-state index contributed by atoms with van der Waals surface area (Å²) in [5.74, 6) is 5.80. The van der Waals surface area contributed by atoms with Gasteiger partial charge in [0.05, 0.1) is 17.1 Å². The van der Waals surface area contributed by atoms with Crippen molar-refractivity contribution in [3.63, 3.8) is 0 Å². The van der Waals surface area contributed by atoms with E-state index in [0.717, 1.165) is 28.6 Å². The zero-order valence-corrected chi connectivity index (χ0v) is 12.0. The second-order valence-corrected chi connectivity index (χ2v) is 4.97. The minimum atomic E-state index is -0.101. The van der Waals surface area contributed by atoms with E-state index in [1.807, 2.05) is 18.2 Å². The molecule has 3 N–H and O–H groups in total. The highest BCUT2D eigenvalue weighted by atomic mass is 15.2. The van der Waals surface area contributed by atoms with Gasteiger partial charge >= 0.3 is 0 Å². The topological polar surface area (TPSA) is 63.8 Å². The average Bonchev–Trinajstić information content (AvgIpc) is 2.56. The molecule has 3 rings (SSSR count). The third-order valence-electron chi connectivity index (χ3n) is 3.73. The van der Waals surface area contributed by atoms with Crippen molar-refractivity contribution in [1.29, 1.82) is 0 Å². The van der Waals surface area contributed by atoms with Gasteiger partial charge in [-0.05, 0) is 23.6 Å². The van der Waals surface area contributed by atoms with Gasteiger partial charge in [-0.15, -0.1) is 0 Å². The zero-order valence-electron chi connectivity index (χ0n) is 12.0. The monoisotopic (exact) mass is 278 g/mol. The fourth-order valence-corrected chi connectivity index (χ4v) is 2.56. The van der Waals surface area contributed by atoms with Gasteiger partial charge in [0.2, 0.25) is 0 Å². The first-order valence-corrected chi connectivity index (χ1v) is 7.08. The maximum Gasteiger partial charge on any atom is 0.0938 e. The van der Waals surface area contributed by atoms with E-state index in [-0.39, 0.29) is 6.04 Å². The lowest BCUT2D eigenvalue weighted by atomic mass is 9.96. The van der Waals surface area contributed by atoms with Crippen LogP contribution in [0.3, 0.4) is 0 Å². The van der Waals surface area contributed by atoms with E-state index >= 15 is 0 Å². The number of fused-ring (bicyclic) bond motifs is 1. The predicted octanol–water partition coefficient (Wildman–Crippen LogP) is 2.74. The first-order valence-electron chi connectivity index (χ1n) is 7.08. The molecule has 0 saturated carbocycles. The maximum absolute atomic E-state index is 5.80. The molecule has 0 bridgehead atoms. The molecule has 1 atom stereocenters. The van der Waals surface area contributed by atoms with E-state index in [2.05, 4.69) is 46.6 Å². The number of aryl methyl sites for hydroxylation is 1. The SMILES string of the molecule is CCc1ccc(C(NN)c2cccc3nccnc23)cc1. The second-order valence-electron chi connectivity index (χ2n) is 4.97. The number of hydrazine groups is 1. The number of nitrogens with one attached hydrogen (secondary N) is 1. The van der Waals surface area contributed by atoms with Crippen molar-refractivity contribution in [2.45, 2.75) is 19.4 Å². The number of hydrogen-bond acceptors (Lipinski definition) is 4. The normalized spacial score (nSPS) is 12.5. The molecule has 21 heavy (non-hydrogen) atoms. The van der Waals surface area contributed by atoms with Gasteiger partial charge in [-0.1, -0.05) is 43.3 Å². The molecule has 0 saturated heterocycles. The van der Waals surface area contributed by atoms with Crippen LogP contribution < -0.4 is 11.3 Å². The molecule has 0 aliphatic rings. The Morgan fingerprint density at radius 2 is 1.81 bits per heavy atom. The van der Waals surface area contributed by atoms with E-state index in [0.29, 0.717) is 0 Å². The quantitative estimate of drug-likeness (QED) is 0.569. The Morgan fingerprint density at radius 1 is 1.05 bits per heavy atom. The first kappa shape index (κ1) is 13.7. The number of benzene rings is 2. The van der Waals surface area contributed by atoms with Gasteiger partial charge in [-0.3, -0.25) is 15.8 Å². The molecule has 2 aromatic carbocycles. The molecular formula is C17H18N4. The highest BCUT2D eigenvalue weighted by molar-refractivity contribution is 5.78. The lowest BCUT2D eigenvalue weighted by molar-refractivity contribution is 0.639. The highest BCUT2D eigenvalue weighted by Gasteiger charge is 2.16. The van der Waals surface area contributed by atoms with Crippen molar-refractivity contribution in [3.05, 3.63) is 71.5 Å². The molecule has 0 spiro atoms. The Morgan fingerprint density at radius 3 is 2.52 bits per heavy atom. The Labute approximate surface area is 124 Å². The third-order valence-corrected chi connectivity index (χ3v) is 3.73. The van der Waals surface area contributed by atoms with Crippen molar-refractivity contribution in [2.24, 2.45) is 5.84 Å².